The van der Waals surface area contributed by atoms with Gasteiger partial charge in [0.05, 0.1) is 12.5 Å². The van der Waals surface area contributed by atoms with Gasteiger partial charge in [0.15, 0.2) is 5.82 Å². The van der Waals surface area contributed by atoms with E-state index in [1.807, 2.05) is 13.8 Å². The van der Waals surface area contributed by atoms with Gasteiger partial charge in [-0.2, -0.15) is 4.98 Å². The van der Waals surface area contributed by atoms with Crippen molar-refractivity contribution in [2.45, 2.75) is 40.2 Å². The third-order valence-corrected chi connectivity index (χ3v) is 3.43. The standard InChI is InChI=1S/C15H21N3O/c1-9(2)14(16)15-17-13(19-18-15)8-12-6-5-10(3)11(4)7-12/h5-7,9,14H,8,16H2,1-4H3. The summed E-state index contributed by atoms with van der Waals surface area (Å²) < 4.78 is 5.27. The van der Waals surface area contributed by atoms with E-state index in [4.69, 9.17) is 10.3 Å². The zero-order valence-electron chi connectivity index (χ0n) is 12.0. The molecule has 0 aliphatic rings. The fraction of sp³-hybridized carbons (Fsp3) is 0.467. The van der Waals surface area contributed by atoms with Crippen molar-refractivity contribution in [2.75, 3.05) is 0 Å². The lowest BCUT2D eigenvalue weighted by Gasteiger charge is -2.09. The molecule has 2 N–H and O–H groups in total. The maximum atomic E-state index is 6.00. The topological polar surface area (TPSA) is 64.9 Å². The molecule has 2 aromatic rings. The number of benzene rings is 1. The summed E-state index contributed by atoms with van der Waals surface area (Å²) in [7, 11) is 0. The summed E-state index contributed by atoms with van der Waals surface area (Å²) in [6.07, 6.45) is 0.652. The lowest BCUT2D eigenvalue weighted by atomic mass is 10.0. The summed E-state index contributed by atoms with van der Waals surface area (Å²) in [6.45, 7) is 8.30. The Labute approximate surface area is 114 Å². The summed E-state index contributed by atoms with van der Waals surface area (Å²) >= 11 is 0. The molecule has 1 heterocycles. The van der Waals surface area contributed by atoms with Crippen LogP contribution in [0.2, 0.25) is 0 Å². The van der Waals surface area contributed by atoms with Crippen LogP contribution in [0.5, 0.6) is 0 Å². The molecule has 2 rings (SSSR count). The molecule has 0 radical (unpaired) electrons. The lowest BCUT2D eigenvalue weighted by molar-refractivity contribution is 0.368. The van der Waals surface area contributed by atoms with Crippen molar-refractivity contribution in [1.29, 1.82) is 0 Å². The second-order valence-corrected chi connectivity index (χ2v) is 5.41. The molecule has 1 aromatic heterocycles. The monoisotopic (exact) mass is 259 g/mol. The molecule has 0 saturated carbocycles. The summed E-state index contributed by atoms with van der Waals surface area (Å²) in [5.74, 6) is 1.51. The number of hydrogen-bond donors (Lipinski definition) is 1. The zero-order chi connectivity index (χ0) is 14.0. The van der Waals surface area contributed by atoms with Crippen LogP contribution in [0.15, 0.2) is 22.7 Å². The Hall–Kier alpha value is -1.68. The highest BCUT2D eigenvalue weighted by Gasteiger charge is 2.17. The second kappa shape index (κ2) is 5.53. The molecule has 19 heavy (non-hydrogen) atoms. The highest BCUT2D eigenvalue weighted by molar-refractivity contribution is 5.31. The van der Waals surface area contributed by atoms with E-state index >= 15 is 0 Å². The molecule has 1 atom stereocenters. The van der Waals surface area contributed by atoms with Gasteiger partial charge in [0.25, 0.3) is 0 Å². The molecule has 0 saturated heterocycles. The Bertz CT molecular complexity index is 560. The van der Waals surface area contributed by atoms with E-state index in [-0.39, 0.29) is 6.04 Å². The van der Waals surface area contributed by atoms with Crippen molar-refractivity contribution in [2.24, 2.45) is 11.7 Å². The smallest absolute Gasteiger partial charge is 0.231 e. The molecule has 0 spiro atoms. The van der Waals surface area contributed by atoms with E-state index in [2.05, 4.69) is 42.2 Å². The molecule has 102 valence electrons. The van der Waals surface area contributed by atoms with Crippen molar-refractivity contribution in [1.82, 2.24) is 10.1 Å². The molecule has 0 aliphatic carbocycles. The molecule has 1 aromatic carbocycles. The molecule has 0 amide bonds. The lowest BCUT2D eigenvalue weighted by Crippen LogP contribution is -2.18. The van der Waals surface area contributed by atoms with E-state index in [1.54, 1.807) is 0 Å². The Balaban J connectivity index is 2.13. The minimum Gasteiger partial charge on any atom is -0.339 e. The number of hydrogen-bond acceptors (Lipinski definition) is 4. The van der Waals surface area contributed by atoms with Gasteiger partial charge in [0.1, 0.15) is 0 Å². The number of aromatic nitrogens is 2. The molecule has 0 fully saturated rings. The molecule has 4 nitrogen and oxygen atoms in total. The predicted octanol–water partition coefficient (Wildman–Crippen LogP) is 2.93. The first kappa shape index (κ1) is 13.7. The van der Waals surface area contributed by atoms with Gasteiger partial charge in [-0.1, -0.05) is 37.2 Å². The summed E-state index contributed by atoms with van der Waals surface area (Å²) in [4.78, 5) is 4.38. The Kier molecular flexibility index (Phi) is 4.00. The predicted molar refractivity (Wildman–Crippen MR) is 74.8 cm³/mol. The largest absolute Gasteiger partial charge is 0.339 e. The Morgan fingerprint density at radius 3 is 2.58 bits per heavy atom. The van der Waals surface area contributed by atoms with Gasteiger partial charge < -0.3 is 10.3 Å². The number of nitrogens with zero attached hydrogens (tertiary/aromatic N) is 2. The maximum absolute atomic E-state index is 6.00. The average Bonchev–Trinajstić information content (AvgIpc) is 2.81. The van der Waals surface area contributed by atoms with Crippen LogP contribution in [0.4, 0.5) is 0 Å². The van der Waals surface area contributed by atoms with Gasteiger partial charge in [-0.3, -0.25) is 0 Å². The van der Waals surface area contributed by atoms with E-state index in [1.165, 1.54) is 16.7 Å². The van der Waals surface area contributed by atoms with Gasteiger partial charge in [-0.25, -0.2) is 0 Å². The van der Waals surface area contributed by atoms with Gasteiger partial charge in [-0.15, -0.1) is 0 Å². The van der Waals surface area contributed by atoms with E-state index in [9.17, 15) is 0 Å². The van der Waals surface area contributed by atoms with Crippen LogP contribution in [-0.4, -0.2) is 10.1 Å². The summed E-state index contributed by atoms with van der Waals surface area (Å²) in [5, 5.41) is 3.96. The van der Waals surface area contributed by atoms with Crippen molar-refractivity contribution in [3.05, 3.63) is 46.6 Å². The van der Waals surface area contributed by atoms with Gasteiger partial charge in [0, 0.05) is 0 Å². The van der Waals surface area contributed by atoms with Crippen molar-refractivity contribution >= 4 is 0 Å². The highest BCUT2D eigenvalue weighted by atomic mass is 16.5. The van der Waals surface area contributed by atoms with Gasteiger partial charge >= 0.3 is 0 Å². The van der Waals surface area contributed by atoms with E-state index in [0.717, 1.165) is 0 Å². The molecular formula is C15H21N3O. The third-order valence-electron chi connectivity index (χ3n) is 3.43. The third kappa shape index (κ3) is 3.20. The molecular weight excluding hydrogens is 238 g/mol. The van der Waals surface area contributed by atoms with Crippen LogP contribution < -0.4 is 5.73 Å². The van der Waals surface area contributed by atoms with E-state index < -0.39 is 0 Å². The summed E-state index contributed by atoms with van der Waals surface area (Å²) in [5.41, 5.74) is 9.74. The van der Waals surface area contributed by atoms with Crippen molar-refractivity contribution in [3.63, 3.8) is 0 Å². The molecule has 1 unspecified atom stereocenters. The molecule has 0 bridgehead atoms. The van der Waals surface area contributed by atoms with Gasteiger partial charge in [-0.05, 0) is 36.5 Å². The fourth-order valence-electron chi connectivity index (χ4n) is 1.86. The van der Waals surface area contributed by atoms with Crippen LogP contribution in [0.1, 0.15) is 48.3 Å². The zero-order valence-corrected chi connectivity index (χ0v) is 12.0. The number of nitrogens with two attached hydrogens (primary N) is 1. The van der Waals surface area contributed by atoms with Crippen LogP contribution >= 0.6 is 0 Å². The van der Waals surface area contributed by atoms with Crippen LogP contribution in [0.3, 0.4) is 0 Å². The van der Waals surface area contributed by atoms with E-state index in [0.29, 0.717) is 24.1 Å². The average molecular weight is 259 g/mol. The first-order valence-corrected chi connectivity index (χ1v) is 6.61. The van der Waals surface area contributed by atoms with Crippen LogP contribution in [-0.2, 0) is 6.42 Å². The highest BCUT2D eigenvalue weighted by Crippen LogP contribution is 2.17. The van der Waals surface area contributed by atoms with Crippen molar-refractivity contribution in [3.8, 4) is 0 Å². The van der Waals surface area contributed by atoms with Crippen LogP contribution in [0, 0.1) is 19.8 Å². The molecule has 4 heteroatoms. The summed E-state index contributed by atoms with van der Waals surface area (Å²) in [6, 6.07) is 6.19. The SMILES string of the molecule is Cc1ccc(Cc2nc(C(N)C(C)C)no2)cc1C. The normalized spacial score (nSPS) is 12.9. The first-order valence-electron chi connectivity index (χ1n) is 6.61. The fourth-order valence-corrected chi connectivity index (χ4v) is 1.86. The maximum Gasteiger partial charge on any atom is 0.231 e. The Morgan fingerprint density at radius 1 is 1.21 bits per heavy atom. The van der Waals surface area contributed by atoms with Gasteiger partial charge in [0.2, 0.25) is 5.89 Å². The van der Waals surface area contributed by atoms with Crippen LogP contribution in [0.25, 0.3) is 0 Å². The van der Waals surface area contributed by atoms with Crippen molar-refractivity contribution < 1.29 is 4.52 Å². The Morgan fingerprint density at radius 2 is 1.95 bits per heavy atom. The minimum absolute atomic E-state index is 0.169. The second-order valence-electron chi connectivity index (χ2n) is 5.41. The minimum atomic E-state index is -0.169. The number of aryl methyl sites for hydroxylation is 2. The first-order chi connectivity index (χ1) is 8.97. The quantitative estimate of drug-likeness (QED) is 0.916. The molecule has 0 aliphatic heterocycles. The number of rotatable bonds is 4.